The molecule has 19 heavy (non-hydrogen) atoms. The number of amides is 1. The highest BCUT2D eigenvalue weighted by atomic mass is 16.5. The Bertz CT molecular complexity index is 410. The van der Waals surface area contributed by atoms with E-state index in [0.29, 0.717) is 43.2 Å². The second-order valence-corrected chi connectivity index (χ2v) is 3.87. The maximum Gasteiger partial charge on any atom is 0.253 e. The summed E-state index contributed by atoms with van der Waals surface area (Å²) in [5, 5.41) is 11.3. The van der Waals surface area contributed by atoms with E-state index >= 15 is 0 Å². The molecule has 1 aromatic rings. The average molecular weight is 268 g/mol. The summed E-state index contributed by atoms with van der Waals surface area (Å²) in [7, 11) is 1.51. The molecule has 0 heterocycles. The quantitative estimate of drug-likeness (QED) is 0.469. The molecule has 0 spiro atoms. The SMILES string of the molecule is COc1cccc(C(=O)NCCCOCCO)c1N. The van der Waals surface area contributed by atoms with Gasteiger partial charge in [-0.1, -0.05) is 6.07 Å². The van der Waals surface area contributed by atoms with Crippen molar-refractivity contribution in [2.75, 3.05) is 39.2 Å². The summed E-state index contributed by atoms with van der Waals surface area (Å²) >= 11 is 0. The summed E-state index contributed by atoms with van der Waals surface area (Å²) in [6, 6.07) is 5.07. The summed E-state index contributed by atoms with van der Waals surface area (Å²) in [4.78, 5) is 11.9. The minimum atomic E-state index is -0.237. The van der Waals surface area contributed by atoms with Crippen LogP contribution in [0.5, 0.6) is 5.75 Å². The molecule has 1 amide bonds. The number of nitrogens with one attached hydrogen (secondary N) is 1. The van der Waals surface area contributed by atoms with Gasteiger partial charge in [0.1, 0.15) is 5.75 Å². The van der Waals surface area contributed by atoms with E-state index in [2.05, 4.69) is 5.32 Å². The number of nitrogen functional groups attached to an aromatic ring is 1. The van der Waals surface area contributed by atoms with Gasteiger partial charge in [0, 0.05) is 13.2 Å². The highest BCUT2D eigenvalue weighted by molar-refractivity contribution is 6.00. The van der Waals surface area contributed by atoms with Crippen molar-refractivity contribution < 1.29 is 19.4 Å². The first-order chi connectivity index (χ1) is 9.20. The summed E-state index contributed by atoms with van der Waals surface area (Å²) in [6.07, 6.45) is 0.676. The van der Waals surface area contributed by atoms with E-state index in [4.69, 9.17) is 20.3 Å². The van der Waals surface area contributed by atoms with Crippen molar-refractivity contribution in [2.45, 2.75) is 6.42 Å². The monoisotopic (exact) mass is 268 g/mol. The highest BCUT2D eigenvalue weighted by Gasteiger charge is 2.12. The van der Waals surface area contributed by atoms with Crippen LogP contribution in [0.1, 0.15) is 16.8 Å². The zero-order valence-electron chi connectivity index (χ0n) is 11.0. The van der Waals surface area contributed by atoms with Gasteiger partial charge in [0.2, 0.25) is 0 Å². The van der Waals surface area contributed by atoms with Gasteiger partial charge in [0.25, 0.3) is 5.91 Å². The summed E-state index contributed by atoms with van der Waals surface area (Å²) < 4.78 is 10.1. The van der Waals surface area contributed by atoms with E-state index in [9.17, 15) is 4.79 Å². The molecular formula is C13H20N2O4. The predicted molar refractivity (Wildman–Crippen MR) is 72.3 cm³/mol. The Morgan fingerprint density at radius 2 is 2.21 bits per heavy atom. The van der Waals surface area contributed by atoms with Crippen LogP contribution in [0.15, 0.2) is 18.2 Å². The lowest BCUT2D eigenvalue weighted by atomic mass is 10.1. The minimum Gasteiger partial charge on any atom is -0.495 e. The van der Waals surface area contributed by atoms with Crippen molar-refractivity contribution in [3.05, 3.63) is 23.8 Å². The second kappa shape index (κ2) is 8.34. The first-order valence-electron chi connectivity index (χ1n) is 6.10. The first-order valence-corrected chi connectivity index (χ1v) is 6.10. The van der Waals surface area contributed by atoms with Crippen molar-refractivity contribution in [1.29, 1.82) is 0 Å². The molecule has 0 atom stereocenters. The number of aliphatic hydroxyl groups excluding tert-OH is 1. The Labute approximate surface area is 112 Å². The van der Waals surface area contributed by atoms with Gasteiger partial charge < -0.3 is 25.6 Å². The number of para-hydroxylation sites is 1. The van der Waals surface area contributed by atoms with Crippen molar-refractivity contribution in [3.8, 4) is 5.75 Å². The number of carbonyl (C=O) groups is 1. The lowest BCUT2D eigenvalue weighted by Crippen LogP contribution is -2.26. The predicted octanol–water partition coefficient (Wildman–Crippen LogP) is 0.406. The maximum atomic E-state index is 11.9. The number of hydrogen-bond donors (Lipinski definition) is 3. The molecule has 0 fully saturated rings. The fraction of sp³-hybridized carbons (Fsp3) is 0.462. The molecule has 0 bridgehead atoms. The second-order valence-electron chi connectivity index (χ2n) is 3.87. The molecule has 0 aliphatic carbocycles. The van der Waals surface area contributed by atoms with Gasteiger partial charge in [-0.15, -0.1) is 0 Å². The fourth-order valence-corrected chi connectivity index (χ4v) is 1.56. The molecule has 0 unspecified atom stereocenters. The Balaban J connectivity index is 2.41. The molecule has 6 heteroatoms. The van der Waals surface area contributed by atoms with Crippen molar-refractivity contribution in [2.24, 2.45) is 0 Å². The van der Waals surface area contributed by atoms with Crippen LogP contribution < -0.4 is 15.8 Å². The van der Waals surface area contributed by atoms with Crippen LogP contribution in [0.3, 0.4) is 0 Å². The average Bonchev–Trinajstić information content (AvgIpc) is 2.42. The third-order valence-electron chi connectivity index (χ3n) is 2.52. The number of rotatable bonds is 8. The zero-order valence-corrected chi connectivity index (χ0v) is 11.0. The number of anilines is 1. The van der Waals surface area contributed by atoms with Gasteiger partial charge in [-0.05, 0) is 18.6 Å². The van der Waals surface area contributed by atoms with E-state index in [1.807, 2.05) is 0 Å². The van der Waals surface area contributed by atoms with E-state index in [-0.39, 0.29) is 12.5 Å². The highest BCUT2D eigenvalue weighted by Crippen LogP contribution is 2.24. The molecule has 0 aliphatic rings. The maximum absolute atomic E-state index is 11.9. The molecule has 0 saturated heterocycles. The van der Waals surface area contributed by atoms with Gasteiger partial charge in [-0.2, -0.15) is 0 Å². The van der Waals surface area contributed by atoms with Gasteiger partial charge in [-0.25, -0.2) is 0 Å². The Hall–Kier alpha value is -1.79. The van der Waals surface area contributed by atoms with Crippen LogP contribution in [0, 0.1) is 0 Å². The standard InChI is InChI=1S/C13H20N2O4/c1-18-11-5-2-4-10(12(11)14)13(17)15-6-3-8-19-9-7-16/h2,4-5,16H,3,6-9,14H2,1H3,(H,15,17). The van der Waals surface area contributed by atoms with Gasteiger partial charge in [-0.3, -0.25) is 4.79 Å². The lowest BCUT2D eigenvalue weighted by molar-refractivity contribution is 0.0868. The number of benzene rings is 1. The Morgan fingerprint density at radius 1 is 1.42 bits per heavy atom. The van der Waals surface area contributed by atoms with Crippen LogP contribution in [0.25, 0.3) is 0 Å². The summed E-state index contributed by atoms with van der Waals surface area (Å²) in [5.74, 6) is 0.248. The van der Waals surface area contributed by atoms with E-state index in [1.54, 1.807) is 18.2 Å². The molecule has 4 N–H and O–H groups in total. The number of ether oxygens (including phenoxy) is 2. The van der Waals surface area contributed by atoms with Gasteiger partial charge >= 0.3 is 0 Å². The fourth-order valence-electron chi connectivity index (χ4n) is 1.56. The Morgan fingerprint density at radius 3 is 2.89 bits per heavy atom. The van der Waals surface area contributed by atoms with E-state index < -0.39 is 0 Å². The van der Waals surface area contributed by atoms with Crippen LogP contribution in [0.4, 0.5) is 5.69 Å². The molecule has 0 saturated carbocycles. The van der Waals surface area contributed by atoms with Crippen molar-refractivity contribution in [3.63, 3.8) is 0 Å². The van der Waals surface area contributed by atoms with Gasteiger partial charge in [0.15, 0.2) is 0 Å². The molecule has 6 nitrogen and oxygen atoms in total. The van der Waals surface area contributed by atoms with E-state index in [0.717, 1.165) is 0 Å². The summed E-state index contributed by atoms with van der Waals surface area (Å²) in [5.41, 5.74) is 6.56. The normalized spacial score (nSPS) is 10.2. The number of carbonyl (C=O) groups excluding carboxylic acids is 1. The molecule has 1 rings (SSSR count). The third kappa shape index (κ3) is 4.76. The third-order valence-corrected chi connectivity index (χ3v) is 2.52. The number of methoxy groups -OCH3 is 1. The lowest BCUT2D eigenvalue weighted by Gasteiger charge is -2.10. The smallest absolute Gasteiger partial charge is 0.253 e. The van der Waals surface area contributed by atoms with Gasteiger partial charge in [0.05, 0.1) is 31.6 Å². The largest absolute Gasteiger partial charge is 0.495 e. The molecule has 0 aliphatic heterocycles. The number of aliphatic hydroxyl groups is 1. The molecule has 1 aromatic carbocycles. The minimum absolute atomic E-state index is 0.00665. The van der Waals surface area contributed by atoms with Crippen molar-refractivity contribution in [1.82, 2.24) is 5.32 Å². The summed E-state index contributed by atoms with van der Waals surface area (Å²) in [6.45, 7) is 1.30. The molecule has 0 radical (unpaired) electrons. The van der Waals surface area contributed by atoms with Crippen LogP contribution in [0.2, 0.25) is 0 Å². The first kappa shape index (κ1) is 15.3. The number of nitrogens with two attached hydrogens (primary N) is 1. The zero-order chi connectivity index (χ0) is 14.1. The number of hydrogen-bond acceptors (Lipinski definition) is 5. The molecule has 106 valence electrons. The van der Waals surface area contributed by atoms with E-state index in [1.165, 1.54) is 7.11 Å². The topological polar surface area (TPSA) is 93.8 Å². The molecule has 0 aromatic heterocycles. The van der Waals surface area contributed by atoms with Crippen LogP contribution in [-0.2, 0) is 4.74 Å². The van der Waals surface area contributed by atoms with Crippen LogP contribution >= 0.6 is 0 Å². The molecular weight excluding hydrogens is 248 g/mol. The van der Waals surface area contributed by atoms with Crippen LogP contribution in [-0.4, -0.2) is 44.5 Å². The van der Waals surface area contributed by atoms with Crippen molar-refractivity contribution >= 4 is 11.6 Å². The Kier molecular flexibility index (Phi) is 6.70.